The van der Waals surface area contributed by atoms with Crippen LogP contribution >= 0.6 is 15.8 Å². The molecule has 0 amide bonds. The number of hydrogen-bond acceptors (Lipinski definition) is 2. The molecular weight excluding hydrogens is 719 g/mol. The first kappa shape index (κ1) is 38.2. The van der Waals surface area contributed by atoms with Gasteiger partial charge in [0.25, 0.3) is 0 Å². The molecule has 1 aliphatic carbocycles. The van der Waals surface area contributed by atoms with Crippen molar-refractivity contribution in [2.45, 2.75) is 30.2 Å². The number of ether oxygens (including phenoxy) is 2. The zero-order chi connectivity index (χ0) is 38.0. The van der Waals surface area contributed by atoms with Crippen molar-refractivity contribution in [2.24, 2.45) is 11.8 Å². The molecule has 0 heterocycles. The van der Waals surface area contributed by atoms with E-state index >= 15 is 0 Å². The van der Waals surface area contributed by atoms with Crippen molar-refractivity contribution < 1.29 is 9.47 Å². The monoisotopic (exact) mass is 768 g/mol. The lowest BCUT2D eigenvalue weighted by Gasteiger charge is -2.38. The lowest BCUT2D eigenvalue weighted by molar-refractivity contribution is -0.0120. The van der Waals surface area contributed by atoms with Gasteiger partial charge in [-0.2, -0.15) is 0 Å². The highest BCUT2D eigenvalue weighted by molar-refractivity contribution is 7.74. The fourth-order valence-electron chi connectivity index (χ4n) is 8.99. The molecule has 0 bridgehead atoms. The SMILES string of the molecule is CO[C@H]1C[C@H](P(c2ccccc2)c2ccccc2)[C@H](CP(c2ccccc2)c2ccccc2)[C@@H]1CCOC(c1ccccc1)(c1ccccc1)c1ccccc1. The largest absolute Gasteiger partial charge is 0.381 e. The quantitative estimate of drug-likeness (QED) is 0.0764. The summed E-state index contributed by atoms with van der Waals surface area (Å²) in [5.74, 6) is 0.709. The molecule has 0 radical (unpaired) electrons. The predicted octanol–water partition coefficient (Wildman–Crippen LogP) is 10.7. The van der Waals surface area contributed by atoms with E-state index in [0.29, 0.717) is 24.1 Å². The van der Waals surface area contributed by atoms with Crippen LogP contribution < -0.4 is 21.2 Å². The number of methoxy groups -OCH3 is 1. The van der Waals surface area contributed by atoms with E-state index < -0.39 is 21.4 Å². The van der Waals surface area contributed by atoms with E-state index in [2.05, 4.69) is 212 Å². The average Bonchev–Trinajstić information content (AvgIpc) is 3.62. The molecule has 1 aliphatic rings. The van der Waals surface area contributed by atoms with E-state index in [0.717, 1.165) is 35.7 Å². The molecule has 0 spiro atoms. The average molecular weight is 769 g/mol. The number of benzene rings is 7. The molecule has 4 heteroatoms. The number of rotatable bonds is 15. The molecule has 7 aromatic rings. The Morgan fingerprint density at radius 2 is 0.821 bits per heavy atom. The molecular formula is C52H50O2P2. The van der Waals surface area contributed by atoms with Crippen LogP contribution in [0.1, 0.15) is 29.5 Å². The molecule has 0 aliphatic heterocycles. The fourth-order valence-corrected chi connectivity index (χ4v) is 15.1. The van der Waals surface area contributed by atoms with Crippen LogP contribution in [0.25, 0.3) is 0 Å². The summed E-state index contributed by atoms with van der Waals surface area (Å²) >= 11 is 0. The Balaban J connectivity index is 1.21. The molecule has 7 aromatic carbocycles. The highest BCUT2D eigenvalue weighted by Crippen LogP contribution is 2.57. The van der Waals surface area contributed by atoms with Gasteiger partial charge < -0.3 is 9.47 Å². The van der Waals surface area contributed by atoms with Gasteiger partial charge in [0.2, 0.25) is 0 Å². The van der Waals surface area contributed by atoms with Crippen molar-refractivity contribution in [1.29, 1.82) is 0 Å². The second-order valence-electron chi connectivity index (χ2n) is 14.6. The third-order valence-corrected chi connectivity index (χ3v) is 17.1. The third kappa shape index (κ3) is 8.23. The predicted molar refractivity (Wildman–Crippen MR) is 239 cm³/mol. The van der Waals surface area contributed by atoms with Gasteiger partial charge in [0.1, 0.15) is 5.60 Å². The van der Waals surface area contributed by atoms with Gasteiger partial charge in [0.15, 0.2) is 0 Å². The Hall–Kier alpha value is -4.68. The molecule has 280 valence electrons. The third-order valence-electron chi connectivity index (χ3n) is 11.5. The van der Waals surface area contributed by atoms with E-state index in [1.807, 2.05) is 7.11 Å². The van der Waals surface area contributed by atoms with Gasteiger partial charge in [-0.1, -0.05) is 212 Å². The van der Waals surface area contributed by atoms with Crippen LogP contribution in [0.4, 0.5) is 0 Å². The molecule has 0 saturated heterocycles. The van der Waals surface area contributed by atoms with E-state index in [9.17, 15) is 0 Å². The minimum Gasteiger partial charge on any atom is -0.381 e. The van der Waals surface area contributed by atoms with Crippen LogP contribution in [0.5, 0.6) is 0 Å². The van der Waals surface area contributed by atoms with Crippen molar-refractivity contribution in [3.8, 4) is 0 Å². The Morgan fingerprint density at radius 3 is 1.20 bits per heavy atom. The van der Waals surface area contributed by atoms with E-state index in [1.54, 1.807) is 0 Å². The minimum absolute atomic E-state index is 0.119. The molecule has 56 heavy (non-hydrogen) atoms. The highest BCUT2D eigenvalue weighted by atomic mass is 31.1. The first-order valence-electron chi connectivity index (χ1n) is 19.9. The lowest BCUT2D eigenvalue weighted by Crippen LogP contribution is -2.35. The van der Waals surface area contributed by atoms with Crippen LogP contribution in [-0.4, -0.2) is 31.6 Å². The van der Waals surface area contributed by atoms with Crippen molar-refractivity contribution in [3.05, 3.63) is 229 Å². The van der Waals surface area contributed by atoms with Crippen LogP contribution in [0, 0.1) is 11.8 Å². The van der Waals surface area contributed by atoms with Crippen LogP contribution in [0.2, 0.25) is 0 Å². The van der Waals surface area contributed by atoms with E-state index in [-0.39, 0.29) is 6.10 Å². The Kier molecular flexibility index (Phi) is 12.6. The van der Waals surface area contributed by atoms with E-state index in [4.69, 9.17) is 9.47 Å². The Morgan fingerprint density at radius 1 is 0.464 bits per heavy atom. The molecule has 1 fully saturated rings. The summed E-state index contributed by atoms with van der Waals surface area (Å²) in [6.45, 7) is 0.593. The fraction of sp³-hybridized carbons (Fsp3) is 0.192. The summed E-state index contributed by atoms with van der Waals surface area (Å²) in [4.78, 5) is 0. The van der Waals surface area contributed by atoms with Crippen molar-refractivity contribution in [1.82, 2.24) is 0 Å². The normalized spacial score (nSPS) is 18.3. The topological polar surface area (TPSA) is 18.5 Å². The summed E-state index contributed by atoms with van der Waals surface area (Å²) in [6.07, 6.45) is 3.13. The number of hydrogen-bond donors (Lipinski definition) is 0. The van der Waals surface area contributed by atoms with Crippen LogP contribution in [-0.2, 0) is 15.1 Å². The van der Waals surface area contributed by atoms with Gasteiger partial charge in [-0.3, -0.25) is 0 Å². The van der Waals surface area contributed by atoms with Gasteiger partial charge >= 0.3 is 0 Å². The smallest absolute Gasteiger partial charge is 0.143 e. The van der Waals surface area contributed by atoms with Crippen molar-refractivity contribution in [3.63, 3.8) is 0 Å². The zero-order valence-electron chi connectivity index (χ0n) is 32.1. The maximum atomic E-state index is 7.49. The molecule has 1 saturated carbocycles. The molecule has 8 rings (SSSR count). The summed E-state index contributed by atoms with van der Waals surface area (Å²) in [5, 5.41) is 5.75. The Labute approximate surface area is 336 Å². The standard InChI is InChI=1S/C52H50O2P2/c1-53-50-39-51(56(46-33-19-7-20-34-46)47-35-21-8-22-36-47)49(40-55(44-29-15-5-16-30-44)45-31-17-6-18-32-45)48(50)37-38-54-52(41-23-9-2-10-24-41,42-25-11-3-12-26-42)43-27-13-4-14-28-43/h2-36,48-51H,37-40H2,1H3/t48-,49+,50-,51-/m0/s1. The van der Waals surface area contributed by atoms with Gasteiger partial charge in [-0.15, -0.1) is 0 Å². The van der Waals surface area contributed by atoms with Gasteiger partial charge in [0, 0.05) is 13.7 Å². The van der Waals surface area contributed by atoms with Gasteiger partial charge in [-0.25, -0.2) is 0 Å². The van der Waals surface area contributed by atoms with E-state index in [1.165, 1.54) is 21.2 Å². The zero-order valence-corrected chi connectivity index (χ0v) is 33.8. The van der Waals surface area contributed by atoms with Gasteiger partial charge in [0.05, 0.1) is 6.10 Å². The van der Waals surface area contributed by atoms with Crippen LogP contribution in [0.3, 0.4) is 0 Å². The van der Waals surface area contributed by atoms with Gasteiger partial charge in [-0.05, 0) is 90.3 Å². The highest BCUT2D eigenvalue weighted by Gasteiger charge is 2.48. The minimum atomic E-state index is -0.763. The molecule has 0 aromatic heterocycles. The second-order valence-corrected chi connectivity index (χ2v) is 19.3. The second kappa shape index (κ2) is 18.5. The Bertz CT molecular complexity index is 2010. The molecule has 4 atom stereocenters. The van der Waals surface area contributed by atoms with Crippen LogP contribution in [0.15, 0.2) is 212 Å². The summed E-state index contributed by atoms with van der Waals surface area (Å²) in [5.41, 5.74) is 3.07. The maximum Gasteiger partial charge on any atom is 0.143 e. The summed E-state index contributed by atoms with van der Waals surface area (Å²) in [7, 11) is 0.626. The molecule has 0 N–H and O–H groups in total. The maximum absolute atomic E-state index is 7.49. The first-order valence-corrected chi connectivity index (χ1v) is 22.8. The summed E-state index contributed by atoms with van der Waals surface area (Å²) < 4.78 is 14.1. The molecule has 2 nitrogen and oxygen atoms in total. The van der Waals surface area contributed by atoms with Crippen molar-refractivity contribution in [2.75, 3.05) is 19.9 Å². The summed E-state index contributed by atoms with van der Waals surface area (Å²) in [6, 6.07) is 77.4. The molecule has 0 unspecified atom stereocenters. The van der Waals surface area contributed by atoms with Crippen molar-refractivity contribution >= 4 is 37.1 Å². The lowest BCUT2D eigenvalue weighted by atomic mass is 9.80. The first-order chi connectivity index (χ1) is 27.8.